The Bertz CT molecular complexity index is 596. The topological polar surface area (TPSA) is 59.1 Å². The first kappa shape index (κ1) is 18.0. The van der Waals surface area contributed by atoms with Crippen LogP contribution >= 0.6 is 23.2 Å². The lowest BCUT2D eigenvalue weighted by Crippen LogP contribution is -2.21. The first-order valence-corrected chi connectivity index (χ1v) is 8.55. The summed E-state index contributed by atoms with van der Waals surface area (Å²) in [6.07, 6.45) is 7.44. The molecule has 0 aliphatic heterocycles. The Labute approximate surface area is 146 Å². The van der Waals surface area contributed by atoms with Gasteiger partial charge in [-0.25, -0.2) is 4.98 Å². The van der Waals surface area contributed by atoms with E-state index in [-0.39, 0.29) is 33.8 Å². The number of pyridine rings is 1. The fourth-order valence-corrected chi connectivity index (χ4v) is 3.40. The highest BCUT2D eigenvalue weighted by molar-refractivity contribution is 6.33. The average molecular weight is 355 g/mol. The summed E-state index contributed by atoms with van der Waals surface area (Å²) in [7, 11) is 0. The van der Waals surface area contributed by atoms with Gasteiger partial charge < -0.3 is 5.32 Å². The van der Waals surface area contributed by atoms with Crippen LogP contribution in [0.5, 0.6) is 0 Å². The van der Waals surface area contributed by atoms with E-state index in [1.54, 1.807) is 12.1 Å². The van der Waals surface area contributed by atoms with Gasteiger partial charge in [-0.2, -0.15) is 0 Å². The van der Waals surface area contributed by atoms with Gasteiger partial charge in [-0.15, -0.1) is 0 Å². The largest absolute Gasteiger partial charge is 0.326 e. The number of Topliss-reactive ketones (excluding diaryl/α,β-unsaturated/α-hetero) is 1. The summed E-state index contributed by atoms with van der Waals surface area (Å²) < 4.78 is 0. The fourth-order valence-electron chi connectivity index (χ4n) is 2.94. The summed E-state index contributed by atoms with van der Waals surface area (Å²) in [4.78, 5) is 28.1. The number of aromatic nitrogens is 1. The smallest absolute Gasteiger partial charge is 0.224 e. The fraction of sp³-hybridized carbons (Fsp3) is 0.471. The Kier molecular flexibility index (Phi) is 6.60. The van der Waals surface area contributed by atoms with Gasteiger partial charge in [0.1, 0.15) is 16.1 Å². The molecule has 1 aromatic heterocycles. The third-order valence-corrected chi connectivity index (χ3v) is 4.42. The SMILES string of the molecule is CC/C=C\C[C@H]1C(=O)CC[C@@H]1CC(=O)Nc1cc(Cl)nc(Cl)c1. The predicted octanol–water partition coefficient (Wildman–Crippen LogP) is 4.67. The predicted molar refractivity (Wildman–Crippen MR) is 92.8 cm³/mol. The van der Waals surface area contributed by atoms with E-state index in [2.05, 4.69) is 23.3 Å². The molecular weight excluding hydrogens is 335 g/mol. The maximum Gasteiger partial charge on any atom is 0.224 e. The summed E-state index contributed by atoms with van der Waals surface area (Å²) in [6, 6.07) is 3.10. The van der Waals surface area contributed by atoms with Gasteiger partial charge in [-0.05, 0) is 37.3 Å². The molecule has 0 unspecified atom stereocenters. The first-order valence-electron chi connectivity index (χ1n) is 7.80. The molecule has 0 saturated heterocycles. The number of allylic oxidation sites excluding steroid dienone is 2. The first-order chi connectivity index (χ1) is 11.0. The third kappa shape index (κ3) is 5.33. The molecule has 0 bridgehead atoms. The van der Waals surface area contributed by atoms with Crippen LogP contribution in [0.1, 0.15) is 39.0 Å². The number of nitrogens with zero attached hydrogens (tertiary/aromatic N) is 1. The molecule has 0 aromatic carbocycles. The molecule has 1 saturated carbocycles. The second-order valence-electron chi connectivity index (χ2n) is 5.74. The van der Waals surface area contributed by atoms with Crippen LogP contribution < -0.4 is 5.32 Å². The summed E-state index contributed by atoms with van der Waals surface area (Å²) in [5, 5.41) is 3.23. The second-order valence-corrected chi connectivity index (χ2v) is 6.51. The Balaban J connectivity index is 1.95. The van der Waals surface area contributed by atoms with Gasteiger partial charge in [0.15, 0.2) is 0 Å². The van der Waals surface area contributed by atoms with Crippen molar-refractivity contribution < 1.29 is 9.59 Å². The monoisotopic (exact) mass is 354 g/mol. The normalized spacial score (nSPS) is 21.1. The van der Waals surface area contributed by atoms with Crippen LogP contribution in [0.4, 0.5) is 5.69 Å². The van der Waals surface area contributed by atoms with E-state index >= 15 is 0 Å². The van der Waals surface area contributed by atoms with E-state index in [1.165, 1.54) is 0 Å². The van der Waals surface area contributed by atoms with Crippen LogP contribution in [0.25, 0.3) is 0 Å². The molecule has 2 rings (SSSR count). The maximum atomic E-state index is 12.2. The average Bonchev–Trinajstić information content (AvgIpc) is 2.79. The highest BCUT2D eigenvalue weighted by Gasteiger charge is 2.34. The third-order valence-electron chi connectivity index (χ3n) is 4.03. The molecule has 2 atom stereocenters. The van der Waals surface area contributed by atoms with Crippen molar-refractivity contribution in [2.24, 2.45) is 11.8 Å². The van der Waals surface area contributed by atoms with Crippen molar-refractivity contribution in [1.82, 2.24) is 4.98 Å². The van der Waals surface area contributed by atoms with Crippen molar-refractivity contribution in [3.63, 3.8) is 0 Å². The molecule has 23 heavy (non-hydrogen) atoms. The van der Waals surface area contributed by atoms with Gasteiger partial charge in [0.25, 0.3) is 0 Å². The lowest BCUT2D eigenvalue weighted by Gasteiger charge is -2.16. The number of anilines is 1. The highest BCUT2D eigenvalue weighted by Crippen LogP contribution is 2.34. The zero-order chi connectivity index (χ0) is 16.8. The molecule has 1 fully saturated rings. The lowest BCUT2D eigenvalue weighted by molar-refractivity contribution is -0.121. The minimum atomic E-state index is -0.132. The van der Waals surface area contributed by atoms with Crippen molar-refractivity contribution in [3.8, 4) is 0 Å². The number of halogens is 2. The minimum Gasteiger partial charge on any atom is -0.326 e. The Morgan fingerprint density at radius 3 is 2.70 bits per heavy atom. The van der Waals surface area contributed by atoms with Gasteiger partial charge in [0, 0.05) is 24.4 Å². The molecule has 0 radical (unpaired) electrons. The van der Waals surface area contributed by atoms with Gasteiger partial charge in [-0.3, -0.25) is 9.59 Å². The number of rotatable bonds is 6. The van der Waals surface area contributed by atoms with E-state index < -0.39 is 0 Å². The summed E-state index contributed by atoms with van der Waals surface area (Å²) >= 11 is 11.6. The number of carbonyl (C=O) groups is 2. The van der Waals surface area contributed by atoms with Crippen molar-refractivity contribution in [2.75, 3.05) is 5.32 Å². The molecule has 4 nitrogen and oxygen atoms in total. The highest BCUT2D eigenvalue weighted by atomic mass is 35.5. The van der Waals surface area contributed by atoms with Crippen molar-refractivity contribution in [3.05, 3.63) is 34.6 Å². The van der Waals surface area contributed by atoms with Crippen molar-refractivity contribution in [2.45, 2.75) is 39.0 Å². The number of ketones is 1. The van der Waals surface area contributed by atoms with Gasteiger partial charge in [0.2, 0.25) is 5.91 Å². The van der Waals surface area contributed by atoms with Crippen LogP contribution in [-0.4, -0.2) is 16.7 Å². The molecule has 6 heteroatoms. The molecule has 1 heterocycles. The number of hydrogen-bond donors (Lipinski definition) is 1. The molecule has 1 N–H and O–H groups in total. The number of amides is 1. The number of carbonyl (C=O) groups excluding carboxylic acids is 2. The summed E-state index contributed by atoms with van der Waals surface area (Å²) in [6.45, 7) is 2.06. The standard InChI is InChI=1S/C17H20Cl2N2O2/c1-2-3-4-5-13-11(6-7-14(13)22)8-17(23)20-12-9-15(18)21-16(19)10-12/h3-4,9-11,13H,2,5-8H2,1H3,(H,20,21,23)/b4-3-/t11-,13-/m1/s1. The number of nitrogens with one attached hydrogen (secondary N) is 1. The molecule has 1 aromatic rings. The van der Waals surface area contributed by atoms with Crippen molar-refractivity contribution in [1.29, 1.82) is 0 Å². The van der Waals surface area contributed by atoms with Crippen LogP contribution in [0.2, 0.25) is 10.3 Å². The quantitative estimate of drug-likeness (QED) is 0.596. The van der Waals surface area contributed by atoms with Gasteiger partial charge in [-0.1, -0.05) is 42.3 Å². The summed E-state index contributed by atoms with van der Waals surface area (Å²) in [5.41, 5.74) is 0.520. The van der Waals surface area contributed by atoms with E-state index in [0.717, 1.165) is 19.3 Å². The maximum absolute atomic E-state index is 12.2. The van der Waals surface area contributed by atoms with E-state index in [1.807, 2.05) is 6.08 Å². The molecular formula is C17H20Cl2N2O2. The van der Waals surface area contributed by atoms with Crippen molar-refractivity contribution >= 4 is 40.6 Å². The number of hydrogen-bond acceptors (Lipinski definition) is 3. The molecule has 1 aliphatic carbocycles. The molecule has 124 valence electrons. The molecule has 0 spiro atoms. The zero-order valence-corrected chi connectivity index (χ0v) is 14.5. The van der Waals surface area contributed by atoms with Gasteiger partial charge >= 0.3 is 0 Å². The Morgan fingerprint density at radius 2 is 2.04 bits per heavy atom. The van der Waals surface area contributed by atoms with Crippen LogP contribution in [0, 0.1) is 11.8 Å². The minimum absolute atomic E-state index is 0.0480. The summed E-state index contributed by atoms with van der Waals surface area (Å²) in [5.74, 6) is 0.177. The van der Waals surface area contributed by atoms with Gasteiger partial charge in [0.05, 0.1) is 0 Å². The van der Waals surface area contributed by atoms with Crippen LogP contribution in [0.15, 0.2) is 24.3 Å². The van der Waals surface area contributed by atoms with E-state index in [0.29, 0.717) is 18.5 Å². The second kappa shape index (κ2) is 8.46. The zero-order valence-electron chi connectivity index (χ0n) is 13.0. The van der Waals surface area contributed by atoms with E-state index in [9.17, 15) is 9.59 Å². The van der Waals surface area contributed by atoms with E-state index in [4.69, 9.17) is 23.2 Å². The molecule has 1 aliphatic rings. The molecule has 1 amide bonds. The van der Waals surface area contributed by atoms with Crippen LogP contribution in [-0.2, 0) is 9.59 Å². The lowest BCUT2D eigenvalue weighted by atomic mass is 9.89. The Morgan fingerprint density at radius 1 is 1.35 bits per heavy atom. The van der Waals surface area contributed by atoms with Crippen LogP contribution in [0.3, 0.4) is 0 Å². The Hall–Kier alpha value is -1.39.